The fourth-order valence-corrected chi connectivity index (χ4v) is 10.1. The minimum Gasteiger partial charge on any atom is -0.462 e. The number of aliphatic hydroxyl groups is 1. The van der Waals surface area contributed by atoms with Gasteiger partial charge in [0.15, 0.2) is 6.10 Å². The summed E-state index contributed by atoms with van der Waals surface area (Å²) in [6.45, 7) is 4.56. The first-order valence-electron chi connectivity index (χ1n) is 33.2. The molecule has 0 aliphatic rings. The third kappa shape index (κ3) is 59.8. The predicted molar refractivity (Wildman–Crippen MR) is 335 cm³/mol. The molecule has 11 nitrogen and oxygen atoms in total. The van der Waals surface area contributed by atoms with E-state index in [1.807, 2.05) is 0 Å². The maximum absolute atomic E-state index is 13.0. The molecule has 0 rings (SSSR count). The van der Waals surface area contributed by atoms with Gasteiger partial charge < -0.3 is 24.2 Å². The van der Waals surface area contributed by atoms with Crippen molar-refractivity contribution in [3.05, 3.63) is 60.8 Å². The lowest BCUT2D eigenvalue weighted by molar-refractivity contribution is -0.161. The molecule has 0 heterocycles. The molecule has 0 amide bonds. The van der Waals surface area contributed by atoms with Crippen LogP contribution in [0.1, 0.15) is 316 Å². The fourth-order valence-electron chi connectivity index (χ4n) is 9.36. The third-order valence-electron chi connectivity index (χ3n) is 14.4. The molecular weight excluding hydrogens is 1020 g/mol. The molecule has 0 bridgehead atoms. The molecule has 0 aromatic rings. The average Bonchev–Trinajstić information content (AvgIpc) is 3.45. The van der Waals surface area contributed by atoms with Gasteiger partial charge in [0.1, 0.15) is 12.7 Å². The average molecular weight is 1150 g/mol. The molecule has 3 unspecified atom stereocenters. The molecule has 0 fully saturated rings. The van der Waals surface area contributed by atoms with E-state index < -0.39 is 57.8 Å². The molecule has 466 valence electrons. The van der Waals surface area contributed by atoms with Crippen LogP contribution in [0.15, 0.2) is 60.8 Å². The Labute approximate surface area is 491 Å². The monoisotopic (exact) mass is 1150 g/mol. The van der Waals surface area contributed by atoms with Gasteiger partial charge in [-0.3, -0.25) is 23.4 Å². The van der Waals surface area contributed by atoms with Crippen molar-refractivity contribution in [3.8, 4) is 0 Å². The van der Waals surface area contributed by atoms with Crippen LogP contribution >= 0.6 is 7.82 Å². The van der Waals surface area contributed by atoms with Crippen molar-refractivity contribution >= 4 is 25.7 Å². The number of phosphoric acid groups is 1. The smallest absolute Gasteiger partial charge is 0.462 e. The summed E-state index contributed by atoms with van der Waals surface area (Å²) in [5, 5.41) is 9.85. The number of esters is 3. The quantitative estimate of drug-likeness (QED) is 0.0197. The second-order valence-electron chi connectivity index (χ2n) is 22.2. The highest BCUT2D eigenvalue weighted by molar-refractivity contribution is 7.47. The first-order valence-corrected chi connectivity index (χ1v) is 34.7. The van der Waals surface area contributed by atoms with Crippen molar-refractivity contribution < 1.29 is 52.2 Å². The maximum atomic E-state index is 13.0. The van der Waals surface area contributed by atoms with Crippen molar-refractivity contribution in [1.29, 1.82) is 0 Å². The van der Waals surface area contributed by atoms with Gasteiger partial charge in [-0.25, -0.2) is 4.57 Å². The Hall–Kier alpha value is -2.82. The van der Waals surface area contributed by atoms with Crippen LogP contribution in [0.2, 0.25) is 0 Å². The number of phosphoric ester groups is 1. The molecule has 80 heavy (non-hydrogen) atoms. The zero-order chi connectivity index (χ0) is 58.3. The Morgan fingerprint density at radius 3 is 1.01 bits per heavy atom. The first kappa shape index (κ1) is 77.2. The molecule has 0 aromatic heterocycles. The van der Waals surface area contributed by atoms with E-state index in [9.17, 15) is 28.9 Å². The minimum absolute atomic E-state index is 0.158. The summed E-state index contributed by atoms with van der Waals surface area (Å²) < 4.78 is 39.7. The van der Waals surface area contributed by atoms with E-state index in [1.54, 1.807) is 0 Å². The number of hydrogen-bond acceptors (Lipinski definition) is 10. The number of carbonyl (C=O) groups is 3. The van der Waals surface area contributed by atoms with Crippen LogP contribution in [0, 0.1) is 0 Å². The molecule has 3 atom stereocenters. The lowest BCUT2D eigenvalue weighted by atomic mass is 10.1. The van der Waals surface area contributed by atoms with Gasteiger partial charge in [-0.2, -0.15) is 0 Å². The van der Waals surface area contributed by atoms with Crippen LogP contribution in [0.4, 0.5) is 0 Å². The highest BCUT2D eigenvalue weighted by Gasteiger charge is 2.28. The Morgan fingerprint density at radius 2 is 0.650 bits per heavy atom. The SMILES string of the molecule is CC/C=C\C/C=C\C/C=C\CCCCCCCC(=O)OC(CO)COP(=O)(O)OCC(COC(=O)CCCCCCCCCCC/C=C\CCCCCCCC)OC(=O)CCCCCCCCCCC/C=C\CCCCCCCC. The van der Waals surface area contributed by atoms with Crippen LogP contribution in [0.25, 0.3) is 0 Å². The predicted octanol–water partition coefficient (Wildman–Crippen LogP) is 20.3. The van der Waals surface area contributed by atoms with Crippen molar-refractivity contribution in [2.24, 2.45) is 0 Å². The van der Waals surface area contributed by atoms with Gasteiger partial charge in [0.25, 0.3) is 0 Å². The summed E-state index contributed by atoms with van der Waals surface area (Å²) in [5.74, 6) is -1.47. The topological polar surface area (TPSA) is 155 Å². The molecule has 12 heteroatoms. The fraction of sp³-hybridized carbons (Fsp3) is 0.809. The molecule has 0 saturated carbocycles. The number of unbranched alkanes of at least 4 members (excludes halogenated alkanes) is 35. The van der Waals surface area contributed by atoms with E-state index in [-0.39, 0.29) is 25.9 Å². The molecule has 0 spiro atoms. The number of hydrogen-bond donors (Lipinski definition) is 2. The van der Waals surface area contributed by atoms with E-state index in [0.29, 0.717) is 19.3 Å². The van der Waals surface area contributed by atoms with Gasteiger partial charge in [-0.15, -0.1) is 0 Å². The number of rotatable bonds is 62. The highest BCUT2D eigenvalue weighted by atomic mass is 31.2. The molecular formula is C68H123O11P. The van der Waals surface area contributed by atoms with E-state index in [2.05, 4.69) is 81.5 Å². The molecule has 0 aliphatic carbocycles. The first-order chi connectivity index (χ1) is 39.2. The Morgan fingerprint density at radius 1 is 0.362 bits per heavy atom. The Balaban J connectivity index is 4.69. The second-order valence-corrected chi connectivity index (χ2v) is 23.7. The zero-order valence-electron chi connectivity index (χ0n) is 51.8. The zero-order valence-corrected chi connectivity index (χ0v) is 52.7. The molecule has 0 aromatic carbocycles. The third-order valence-corrected chi connectivity index (χ3v) is 15.3. The van der Waals surface area contributed by atoms with Crippen LogP contribution in [0.3, 0.4) is 0 Å². The number of allylic oxidation sites excluding steroid dienone is 10. The van der Waals surface area contributed by atoms with Crippen LogP contribution < -0.4 is 0 Å². The van der Waals surface area contributed by atoms with E-state index in [4.69, 9.17) is 23.3 Å². The molecule has 2 N–H and O–H groups in total. The van der Waals surface area contributed by atoms with Gasteiger partial charge in [0, 0.05) is 19.3 Å². The molecule has 0 aliphatic heterocycles. The minimum atomic E-state index is -4.76. The van der Waals surface area contributed by atoms with Gasteiger partial charge in [0.05, 0.1) is 19.8 Å². The summed E-state index contributed by atoms with van der Waals surface area (Å²) >= 11 is 0. The second kappa shape index (κ2) is 62.2. The summed E-state index contributed by atoms with van der Waals surface area (Å²) in [6.07, 6.45) is 70.3. The van der Waals surface area contributed by atoms with Crippen molar-refractivity contribution in [3.63, 3.8) is 0 Å². The standard InChI is InChI=1S/C68H123O11P/c1-4-7-10-13-16-19-22-25-28-30-32-34-37-39-42-45-48-51-54-57-66(70)75-61-65(79-68(72)59-56-53-50-47-44-41-38-35-33-31-29-26-23-20-17-14-11-8-5-2)63-77-80(73,74)76-62-64(60-69)78-67(71)58-55-52-49-46-43-40-36-27-24-21-18-15-12-9-6-3/h9,12,18,21,25-29,36,64-65,69H,4-8,10-11,13-17,19-20,22-24,30-35,37-63H2,1-3H3,(H,73,74)/b12-9-,21-18-,28-25-,29-26-,36-27-. The van der Waals surface area contributed by atoms with Crippen molar-refractivity contribution in [2.75, 3.05) is 26.4 Å². The van der Waals surface area contributed by atoms with E-state index in [1.165, 1.54) is 167 Å². The lowest BCUT2D eigenvalue weighted by Gasteiger charge is -2.21. The van der Waals surface area contributed by atoms with Crippen molar-refractivity contribution in [2.45, 2.75) is 328 Å². The molecule has 0 saturated heterocycles. The summed E-state index contributed by atoms with van der Waals surface area (Å²) in [6, 6.07) is 0. The Bertz CT molecular complexity index is 1570. The largest absolute Gasteiger partial charge is 0.472 e. The number of aliphatic hydroxyl groups excluding tert-OH is 1. The number of ether oxygens (including phenoxy) is 3. The highest BCUT2D eigenvalue weighted by Crippen LogP contribution is 2.43. The van der Waals surface area contributed by atoms with Crippen molar-refractivity contribution in [1.82, 2.24) is 0 Å². The van der Waals surface area contributed by atoms with Gasteiger partial charge in [-0.1, -0.05) is 255 Å². The van der Waals surface area contributed by atoms with Gasteiger partial charge in [0.2, 0.25) is 0 Å². The van der Waals surface area contributed by atoms with Crippen LogP contribution in [-0.4, -0.2) is 66.5 Å². The number of carbonyl (C=O) groups excluding carboxylic acids is 3. The summed E-state index contributed by atoms with van der Waals surface area (Å²) in [7, 11) is -4.76. The van der Waals surface area contributed by atoms with Gasteiger partial charge in [-0.05, 0) is 103 Å². The maximum Gasteiger partial charge on any atom is 0.472 e. The summed E-state index contributed by atoms with van der Waals surface area (Å²) in [5.41, 5.74) is 0. The Kier molecular flexibility index (Phi) is 60.0. The molecule has 0 radical (unpaired) electrons. The lowest BCUT2D eigenvalue weighted by Crippen LogP contribution is -2.30. The summed E-state index contributed by atoms with van der Waals surface area (Å²) in [4.78, 5) is 48.8. The van der Waals surface area contributed by atoms with E-state index >= 15 is 0 Å². The van der Waals surface area contributed by atoms with Crippen LogP contribution in [-0.2, 0) is 42.2 Å². The van der Waals surface area contributed by atoms with Gasteiger partial charge >= 0.3 is 25.7 Å². The van der Waals surface area contributed by atoms with Crippen LogP contribution in [0.5, 0.6) is 0 Å². The van der Waals surface area contributed by atoms with E-state index in [0.717, 1.165) is 89.9 Å². The normalized spacial score (nSPS) is 13.6.